The zero-order chi connectivity index (χ0) is 5.82. The van der Waals surface area contributed by atoms with E-state index in [1.54, 1.807) is 18.2 Å². The average molecular weight is 101 g/mol. The van der Waals surface area contributed by atoms with E-state index >= 15 is 0 Å². The fourth-order valence-corrected chi connectivity index (χ4v) is 0.417. The van der Waals surface area contributed by atoms with Gasteiger partial charge in [-0.3, -0.25) is 0 Å². The molecule has 0 bridgehead atoms. The van der Waals surface area contributed by atoms with Crippen molar-refractivity contribution in [2.24, 2.45) is 0 Å². The predicted molar refractivity (Wildman–Crippen MR) is 28.8 cm³/mol. The SMILES string of the molecule is N#Cc1[c]cc[c]c1. The maximum Gasteiger partial charge on any atom is 0.0998 e. The average Bonchev–Trinajstić information content (AvgIpc) is 1.90. The number of rotatable bonds is 0. The molecule has 2 radical (unpaired) electrons. The number of hydrogen-bond donors (Lipinski definition) is 0. The molecular formula is C7H3N. The lowest BCUT2D eigenvalue weighted by Crippen LogP contribution is -1.68. The normalized spacial score (nSPS) is 7.88. The van der Waals surface area contributed by atoms with Gasteiger partial charge in [-0.25, -0.2) is 0 Å². The van der Waals surface area contributed by atoms with Crippen LogP contribution in [-0.2, 0) is 0 Å². The van der Waals surface area contributed by atoms with Crippen molar-refractivity contribution in [3.63, 3.8) is 0 Å². The Morgan fingerprint density at radius 3 is 2.75 bits per heavy atom. The molecule has 0 aromatic heterocycles. The molecule has 0 saturated carbocycles. The summed E-state index contributed by atoms with van der Waals surface area (Å²) in [7, 11) is 0. The zero-order valence-electron chi connectivity index (χ0n) is 4.18. The molecule has 1 nitrogen and oxygen atoms in total. The maximum absolute atomic E-state index is 8.24. The Morgan fingerprint density at radius 1 is 1.50 bits per heavy atom. The number of nitriles is 1. The highest BCUT2D eigenvalue weighted by Crippen LogP contribution is 1.91. The van der Waals surface area contributed by atoms with Crippen molar-refractivity contribution in [3.8, 4) is 6.07 Å². The van der Waals surface area contributed by atoms with E-state index in [0.717, 1.165) is 0 Å². The van der Waals surface area contributed by atoms with Gasteiger partial charge in [0.2, 0.25) is 0 Å². The summed E-state index contributed by atoms with van der Waals surface area (Å²) in [5, 5.41) is 8.24. The second-order valence-electron chi connectivity index (χ2n) is 1.31. The Bertz CT molecular complexity index is 195. The van der Waals surface area contributed by atoms with E-state index in [1.807, 2.05) is 6.07 Å². The molecule has 0 amide bonds. The molecule has 0 saturated heterocycles. The first kappa shape index (κ1) is 4.86. The van der Waals surface area contributed by atoms with Crippen molar-refractivity contribution < 1.29 is 0 Å². The van der Waals surface area contributed by atoms with Gasteiger partial charge in [0.1, 0.15) is 0 Å². The summed E-state index contributed by atoms with van der Waals surface area (Å²) in [5.41, 5.74) is 0.535. The van der Waals surface area contributed by atoms with Crippen LogP contribution in [-0.4, -0.2) is 0 Å². The van der Waals surface area contributed by atoms with Crippen molar-refractivity contribution in [1.29, 1.82) is 5.26 Å². The first-order valence-electron chi connectivity index (χ1n) is 2.21. The van der Waals surface area contributed by atoms with Gasteiger partial charge >= 0.3 is 0 Å². The number of hydrogen-bond acceptors (Lipinski definition) is 1. The quantitative estimate of drug-likeness (QED) is 0.481. The maximum atomic E-state index is 8.24. The van der Waals surface area contributed by atoms with E-state index < -0.39 is 0 Å². The standard InChI is InChI=1S/C7H3N/c8-6-7-4-2-1-3-5-7/h1-2,5H. The van der Waals surface area contributed by atoms with E-state index in [1.165, 1.54) is 0 Å². The first-order valence-corrected chi connectivity index (χ1v) is 2.21. The molecule has 0 aliphatic carbocycles. The Hall–Kier alpha value is -1.29. The van der Waals surface area contributed by atoms with Gasteiger partial charge in [0.25, 0.3) is 0 Å². The summed E-state index contributed by atoms with van der Waals surface area (Å²) in [5.74, 6) is 0. The minimum Gasteiger partial charge on any atom is -0.192 e. The van der Waals surface area contributed by atoms with Crippen LogP contribution in [0.25, 0.3) is 0 Å². The van der Waals surface area contributed by atoms with E-state index in [0.29, 0.717) is 5.56 Å². The minimum absolute atomic E-state index is 0.535. The van der Waals surface area contributed by atoms with Gasteiger partial charge in [0.05, 0.1) is 11.6 Å². The molecule has 0 atom stereocenters. The third kappa shape index (κ3) is 0.855. The van der Waals surface area contributed by atoms with Crippen LogP contribution in [0.2, 0.25) is 0 Å². The molecule has 1 aromatic rings. The molecule has 0 unspecified atom stereocenters. The smallest absolute Gasteiger partial charge is 0.0998 e. The van der Waals surface area contributed by atoms with E-state index in [-0.39, 0.29) is 0 Å². The fraction of sp³-hybridized carbons (Fsp3) is 0. The molecular weight excluding hydrogens is 98.1 g/mol. The lowest BCUT2D eigenvalue weighted by molar-refractivity contribution is 1.48. The lowest BCUT2D eigenvalue weighted by Gasteiger charge is -1.78. The van der Waals surface area contributed by atoms with Gasteiger partial charge in [-0.2, -0.15) is 5.26 Å². The molecule has 1 heteroatoms. The van der Waals surface area contributed by atoms with Crippen molar-refractivity contribution in [2.45, 2.75) is 0 Å². The van der Waals surface area contributed by atoms with E-state index in [9.17, 15) is 0 Å². The Morgan fingerprint density at radius 2 is 2.38 bits per heavy atom. The summed E-state index contributed by atoms with van der Waals surface area (Å²) < 4.78 is 0. The summed E-state index contributed by atoms with van der Waals surface area (Å²) in [6, 6.07) is 12.4. The molecule has 1 rings (SSSR count). The molecule has 0 heterocycles. The van der Waals surface area contributed by atoms with Gasteiger partial charge in [0, 0.05) is 6.07 Å². The van der Waals surface area contributed by atoms with Gasteiger partial charge in [-0.1, -0.05) is 12.1 Å². The van der Waals surface area contributed by atoms with Crippen LogP contribution in [0.4, 0.5) is 0 Å². The monoisotopic (exact) mass is 101 g/mol. The fourth-order valence-electron chi connectivity index (χ4n) is 0.417. The third-order valence-corrected chi connectivity index (χ3v) is 0.767. The van der Waals surface area contributed by atoms with Gasteiger partial charge < -0.3 is 0 Å². The predicted octanol–water partition coefficient (Wildman–Crippen LogP) is 1.16. The van der Waals surface area contributed by atoms with Crippen LogP contribution < -0.4 is 0 Å². The van der Waals surface area contributed by atoms with E-state index in [2.05, 4.69) is 12.1 Å². The van der Waals surface area contributed by atoms with E-state index in [4.69, 9.17) is 5.26 Å². The van der Waals surface area contributed by atoms with Crippen molar-refractivity contribution in [2.75, 3.05) is 0 Å². The third-order valence-electron chi connectivity index (χ3n) is 0.767. The summed E-state index contributed by atoms with van der Waals surface area (Å²) in [6.07, 6.45) is 0. The Balaban J connectivity index is 3.05. The minimum atomic E-state index is 0.535. The van der Waals surface area contributed by atoms with Crippen LogP contribution in [0, 0.1) is 23.5 Å². The summed E-state index contributed by atoms with van der Waals surface area (Å²) in [6.45, 7) is 0. The van der Waals surface area contributed by atoms with Crippen molar-refractivity contribution >= 4 is 0 Å². The second-order valence-corrected chi connectivity index (χ2v) is 1.31. The van der Waals surface area contributed by atoms with Crippen LogP contribution in [0.5, 0.6) is 0 Å². The zero-order valence-corrected chi connectivity index (χ0v) is 4.18. The second kappa shape index (κ2) is 2.13. The number of benzene rings is 1. The van der Waals surface area contributed by atoms with Crippen LogP contribution >= 0.6 is 0 Å². The Labute approximate surface area is 48.2 Å². The van der Waals surface area contributed by atoms with Gasteiger partial charge in [-0.15, -0.1) is 0 Å². The highest BCUT2D eigenvalue weighted by Gasteiger charge is 1.81. The highest BCUT2D eigenvalue weighted by molar-refractivity contribution is 5.25. The van der Waals surface area contributed by atoms with Crippen LogP contribution in [0.1, 0.15) is 5.56 Å². The molecule has 0 aliphatic rings. The lowest BCUT2D eigenvalue weighted by atomic mass is 10.2. The molecule has 1 aromatic carbocycles. The summed E-state index contributed by atoms with van der Waals surface area (Å²) in [4.78, 5) is 0. The largest absolute Gasteiger partial charge is 0.192 e. The molecule has 0 spiro atoms. The van der Waals surface area contributed by atoms with Gasteiger partial charge in [0.15, 0.2) is 0 Å². The van der Waals surface area contributed by atoms with Crippen molar-refractivity contribution in [1.82, 2.24) is 0 Å². The first-order chi connectivity index (χ1) is 3.93. The van der Waals surface area contributed by atoms with Crippen LogP contribution in [0.15, 0.2) is 18.2 Å². The molecule has 36 valence electrons. The van der Waals surface area contributed by atoms with Crippen LogP contribution in [0.3, 0.4) is 0 Å². The summed E-state index contributed by atoms with van der Waals surface area (Å²) >= 11 is 0. The molecule has 0 N–H and O–H groups in total. The van der Waals surface area contributed by atoms with Gasteiger partial charge in [-0.05, 0) is 12.1 Å². The highest BCUT2D eigenvalue weighted by atomic mass is 14.2. The number of nitrogens with zero attached hydrogens (tertiary/aromatic N) is 1. The molecule has 0 fully saturated rings. The van der Waals surface area contributed by atoms with Crippen molar-refractivity contribution in [3.05, 3.63) is 35.9 Å². The topological polar surface area (TPSA) is 23.8 Å². The Kier molecular flexibility index (Phi) is 1.29. The molecule has 8 heavy (non-hydrogen) atoms. The molecule has 0 aliphatic heterocycles.